The van der Waals surface area contributed by atoms with Gasteiger partial charge in [-0.15, -0.1) is 0 Å². The Morgan fingerprint density at radius 3 is 2.38 bits per heavy atom. The second-order valence-corrected chi connectivity index (χ2v) is 6.35. The molecule has 0 radical (unpaired) electrons. The van der Waals surface area contributed by atoms with Crippen molar-refractivity contribution < 1.29 is 13.5 Å². The molecular weight excluding hydrogens is 308 g/mol. The number of aromatic nitrogens is 1. The first-order valence-electron chi connectivity index (χ1n) is 8.30. The SMILES string of the molecule is Cc1c(C2CCOCC2)n(-c2ccccc2)c2cc(F)c(F)cc12. The van der Waals surface area contributed by atoms with Gasteiger partial charge in [0.05, 0.1) is 5.52 Å². The summed E-state index contributed by atoms with van der Waals surface area (Å²) < 4.78 is 35.3. The van der Waals surface area contributed by atoms with E-state index < -0.39 is 11.6 Å². The monoisotopic (exact) mass is 327 g/mol. The largest absolute Gasteiger partial charge is 0.381 e. The second kappa shape index (κ2) is 6.02. The lowest BCUT2D eigenvalue weighted by atomic mass is 9.93. The van der Waals surface area contributed by atoms with Crippen molar-refractivity contribution in [2.24, 2.45) is 0 Å². The van der Waals surface area contributed by atoms with Gasteiger partial charge in [-0.25, -0.2) is 8.78 Å². The molecule has 1 aliphatic heterocycles. The molecule has 0 bridgehead atoms. The molecule has 3 aromatic rings. The van der Waals surface area contributed by atoms with Gasteiger partial charge in [-0.2, -0.15) is 0 Å². The average molecular weight is 327 g/mol. The quantitative estimate of drug-likeness (QED) is 0.638. The van der Waals surface area contributed by atoms with Crippen LogP contribution >= 0.6 is 0 Å². The molecule has 2 aromatic carbocycles. The standard InChI is InChI=1S/C20H19F2NO/c1-13-16-11-17(21)18(22)12-19(16)23(15-5-3-2-4-6-15)20(13)14-7-9-24-10-8-14/h2-6,11-12,14H,7-10H2,1H3. The van der Waals surface area contributed by atoms with E-state index in [1.54, 1.807) is 0 Å². The molecule has 0 unspecified atom stereocenters. The third kappa shape index (κ3) is 2.42. The fraction of sp³-hybridized carbons (Fsp3) is 0.300. The Kier molecular flexibility index (Phi) is 3.85. The number of hydrogen-bond acceptors (Lipinski definition) is 1. The minimum Gasteiger partial charge on any atom is -0.381 e. The van der Waals surface area contributed by atoms with Crippen LogP contribution in [0, 0.1) is 18.6 Å². The summed E-state index contributed by atoms with van der Waals surface area (Å²) in [5.74, 6) is -1.28. The Labute approximate surface area is 139 Å². The van der Waals surface area contributed by atoms with Gasteiger partial charge >= 0.3 is 0 Å². The van der Waals surface area contributed by atoms with Crippen molar-refractivity contribution in [1.29, 1.82) is 0 Å². The van der Waals surface area contributed by atoms with E-state index in [9.17, 15) is 8.78 Å². The van der Waals surface area contributed by atoms with Crippen LogP contribution in [0.2, 0.25) is 0 Å². The van der Waals surface area contributed by atoms with Crippen molar-refractivity contribution in [2.45, 2.75) is 25.7 Å². The lowest BCUT2D eigenvalue weighted by Crippen LogP contribution is -2.17. The Hall–Kier alpha value is -2.20. The summed E-state index contributed by atoms with van der Waals surface area (Å²) in [7, 11) is 0. The normalized spacial score (nSPS) is 16.0. The summed E-state index contributed by atoms with van der Waals surface area (Å²) >= 11 is 0. The van der Waals surface area contributed by atoms with Crippen LogP contribution in [0.1, 0.15) is 30.0 Å². The molecule has 1 aliphatic rings. The smallest absolute Gasteiger partial charge is 0.160 e. The van der Waals surface area contributed by atoms with Crippen LogP contribution in [0.15, 0.2) is 42.5 Å². The zero-order chi connectivity index (χ0) is 16.7. The van der Waals surface area contributed by atoms with Crippen LogP contribution in [-0.2, 0) is 4.74 Å². The lowest BCUT2D eigenvalue weighted by molar-refractivity contribution is 0.0841. The highest BCUT2D eigenvalue weighted by atomic mass is 19.2. The van der Waals surface area contributed by atoms with Crippen molar-refractivity contribution in [2.75, 3.05) is 13.2 Å². The number of ether oxygens (including phenoxy) is 1. The fourth-order valence-corrected chi connectivity index (χ4v) is 3.77. The van der Waals surface area contributed by atoms with Crippen LogP contribution in [-0.4, -0.2) is 17.8 Å². The molecule has 24 heavy (non-hydrogen) atoms. The topological polar surface area (TPSA) is 14.2 Å². The van der Waals surface area contributed by atoms with Crippen LogP contribution in [0.3, 0.4) is 0 Å². The maximum atomic E-state index is 13.9. The zero-order valence-electron chi connectivity index (χ0n) is 13.6. The summed E-state index contributed by atoms with van der Waals surface area (Å²) in [6.07, 6.45) is 1.85. The zero-order valence-corrected chi connectivity index (χ0v) is 13.6. The fourth-order valence-electron chi connectivity index (χ4n) is 3.77. The first-order chi connectivity index (χ1) is 11.7. The van der Waals surface area contributed by atoms with Crippen LogP contribution < -0.4 is 0 Å². The first-order valence-corrected chi connectivity index (χ1v) is 8.30. The molecule has 2 heterocycles. The van der Waals surface area contributed by atoms with Gasteiger partial charge in [0.25, 0.3) is 0 Å². The number of halogens is 2. The second-order valence-electron chi connectivity index (χ2n) is 6.35. The highest BCUT2D eigenvalue weighted by molar-refractivity contribution is 5.87. The van der Waals surface area contributed by atoms with E-state index in [1.165, 1.54) is 12.1 Å². The molecule has 0 aliphatic carbocycles. The predicted molar refractivity (Wildman–Crippen MR) is 90.7 cm³/mol. The Morgan fingerprint density at radius 2 is 1.67 bits per heavy atom. The Bertz CT molecular complexity index is 880. The third-order valence-electron chi connectivity index (χ3n) is 4.93. The molecule has 1 fully saturated rings. The number of aryl methyl sites for hydroxylation is 1. The van der Waals surface area contributed by atoms with E-state index in [0.717, 1.165) is 53.9 Å². The summed E-state index contributed by atoms with van der Waals surface area (Å²) in [6.45, 7) is 3.45. The Balaban J connectivity index is 2.03. The minimum absolute atomic E-state index is 0.331. The molecule has 0 N–H and O–H groups in total. The van der Waals surface area contributed by atoms with E-state index in [4.69, 9.17) is 4.74 Å². The third-order valence-corrected chi connectivity index (χ3v) is 4.93. The number of hydrogen-bond donors (Lipinski definition) is 0. The molecule has 0 amide bonds. The van der Waals surface area contributed by atoms with Crippen LogP contribution in [0.5, 0.6) is 0 Å². The maximum absolute atomic E-state index is 13.9. The minimum atomic E-state index is -0.810. The predicted octanol–water partition coefficient (Wildman–Crippen LogP) is 5.11. The van der Waals surface area contributed by atoms with E-state index in [1.807, 2.05) is 37.3 Å². The molecule has 0 atom stereocenters. The number of benzene rings is 2. The van der Waals surface area contributed by atoms with Gasteiger partial charge in [-0.05, 0) is 43.5 Å². The molecular formula is C20H19F2NO. The van der Waals surface area contributed by atoms with Crippen molar-refractivity contribution in [3.05, 3.63) is 65.4 Å². The first kappa shape index (κ1) is 15.3. The molecule has 4 rings (SSSR count). The molecule has 4 heteroatoms. The van der Waals surface area contributed by atoms with E-state index in [-0.39, 0.29) is 0 Å². The van der Waals surface area contributed by atoms with Gasteiger partial charge in [0.1, 0.15) is 0 Å². The molecule has 0 spiro atoms. The molecule has 0 saturated carbocycles. The summed E-state index contributed by atoms with van der Waals surface area (Å²) in [5, 5.41) is 0.777. The van der Waals surface area contributed by atoms with Crippen molar-refractivity contribution in [3.8, 4) is 5.69 Å². The van der Waals surface area contributed by atoms with Crippen molar-refractivity contribution in [3.63, 3.8) is 0 Å². The summed E-state index contributed by atoms with van der Waals surface area (Å²) in [4.78, 5) is 0. The number of fused-ring (bicyclic) bond motifs is 1. The average Bonchev–Trinajstić information content (AvgIpc) is 2.89. The summed E-state index contributed by atoms with van der Waals surface area (Å²) in [6, 6.07) is 12.5. The summed E-state index contributed by atoms with van der Waals surface area (Å²) in [5.41, 5.74) is 3.87. The van der Waals surface area contributed by atoms with Gasteiger partial charge in [-0.1, -0.05) is 18.2 Å². The van der Waals surface area contributed by atoms with Crippen molar-refractivity contribution in [1.82, 2.24) is 4.57 Å². The highest BCUT2D eigenvalue weighted by Crippen LogP contribution is 2.38. The van der Waals surface area contributed by atoms with Gasteiger partial charge in [0.15, 0.2) is 11.6 Å². The van der Waals surface area contributed by atoms with Gasteiger partial charge in [-0.3, -0.25) is 0 Å². The van der Waals surface area contributed by atoms with Gasteiger partial charge < -0.3 is 9.30 Å². The van der Waals surface area contributed by atoms with Gasteiger partial charge in [0.2, 0.25) is 0 Å². The number of para-hydroxylation sites is 1. The van der Waals surface area contributed by atoms with Crippen LogP contribution in [0.25, 0.3) is 16.6 Å². The number of rotatable bonds is 2. The molecule has 1 aromatic heterocycles. The van der Waals surface area contributed by atoms with E-state index >= 15 is 0 Å². The molecule has 2 nitrogen and oxygen atoms in total. The Morgan fingerprint density at radius 1 is 1.00 bits per heavy atom. The molecule has 124 valence electrons. The number of nitrogens with zero attached hydrogens (tertiary/aromatic N) is 1. The molecule has 1 saturated heterocycles. The maximum Gasteiger partial charge on any atom is 0.160 e. The lowest BCUT2D eigenvalue weighted by Gasteiger charge is -2.25. The van der Waals surface area contributed by atoms with E-state index in [2.05, 4.69) is 4.57 Å². The highest BCUT2D eigenvalue weighted by Gasteiger charge is 2.26. The van der Waals surface area contributed by atoms with E-state index in [0.29, 0.717) is 5.92 Å². The van der Waals surface area contributed by atoms with Crippen molar-refractivity contribution >= 4 is 10.9 Å². The van der Waals surface area contributed by atoms with Crippen LogP contribution in [0.4, 0.5) is 8.78 Å². The van der Waals surface area contributed by atoms with Gasteiger partial charge in [0, 0.05) is 42.0 Å².